The van der Waals surface area contributed by atoms with Crippen LogP contribution in [0.25, 0.3) is 0 Å². The topological polar surface area (TPSA) is 67.1 Å². The van der Waals surface area contributed by atoms with E-state index in [1.54, 1.807) is 0 Å². The normalized spacial score (nSPS) is 27.4. The zero-order chi connectivity index (χ0) is 15.5. The number of aliphatic imine (C=N–C) groups is 1. The molecule has 1 saturated carbocycles. The molecule has 2 aliphatic rings. The minimum atomic E-state index is 0.383. The van der Waals surface area contributed by atoms with Gasteiger partial charge in [-0.15, -0.1) is 0 Å². The maximum atomic E-state index is 4.57. The molecule has 3 atom stereocenters. The highest BCUT2D eigenvalue weighted by atomic mass is 15.4. The van der Waals surface area contributed by atoms with Gasteiger partial charge in [-0.3, -0.25) is 4.99 Å². The average molecular weight is 304 g/mol. The summed E-state index contributed by atoms with van der Waals surface area (Å²) in [7, 11) is 1.85. The molecular formula is C16H28N6. The number of rotatable bonds is 5. The van der Waals surface area contributed by atoms with Crippen molar-refractivity contribution in [2.45, 2.75) is 71.0 Å². The van der Waals surface area contributed by atoms with E-state index >= 15 is 0 Å². The minimum absolute atomic E-state index is 0.383. The maximum Gasteiger partial charge on any atom is 0.191 e. The van der Waals surface area contributed by atoms with Gasteiger partial charge in [0, 0.05) is 32.0 Å². The number of aryl methyl sites for hydroxylation is 2. The van der Waals surface area contributed by atoms with Gasteiger partial charge in [0.15, 0.2) is 11.8 Å². The van der Waals surface area contributed by atoms with Crippen molar-refractivity contribution >= 4 is 5.96 Å². The second-order valence-electron chi connectivity index (χ2n) is 6.47. The van der Waals surface area contributed by atoms with Crippen molar-refractivity contribution in [1.82, 2.24) is 25.4 Å². The van der Waals surface area contributed by atoms with Crippen LogP contribution in [0, 0.1) is 5.92 Å². The number of hydrogen-bond acceptors (Lipinski definition) is 3. The summed E-state index contributed by atoms with van der Waals surface area (Å²) in [4.78, 5) is 8.95. The molecule has 122 valence electrons. The highest BCUT2D eigenvalue weighted by Gasteiger charge is 2.37. The molecule has 2 N–H and O–H groups in total. The standard InChI is InChI=1S/C16H28N6/c1-4-6-11-9-13(11)19-16(17-3)18-12-7-8-15-20-14(5-2)21-22(15)10-12/h11-13H,4-10H2,1-3H3,(H2,17,18,19). The van der Waals surface area contributed by atoms with Crippen LogP contribution in [0.15, 0.2) is 4.99 Å². The first-order valence-electron chi connectivity index (χ1n) is 8.65. The molecule has 2 heterocycles. The lowest BCUT2D eigenvalue weighted by Crippen LogP contribution is -2.47. The highest BCUT2D eigenvalue weighted by Crippen LogP contribution is 2.34. The predicted molar refractivity (Wildman–Crippen MR) is 87.9 cm³/mol. The molecule has 0 bridgehead atoms. The van der Waals surface area contributed by atoms with E-state index in [9.17, 15) is 0 Å². The Balaban J connectivity index is 1.52. The summed E-state index contributed by atoms with van der Waals surface area (Å²) in [6, 6.07) is 0.997. The average Bonchev–Trinajstić information content (AvgIpc) is 3.11. The molecule has 0 amide bonds. The minimum Gasteiger partial charge on any atom is -0.353 e. The number of hydrogen-bond donors (Lipinski definition) is 2. The quantitative estimate of drug-likeness (QED) is 0.639. The van der Waals surface area contributed by atoms with Crippen LogP contribution in [-0.2, 0) is 19.4 Å². The fourth-order valence-corrected chi connectivity index (χ4v) is 3.28. The molecule has 6 heteroatoms. The summed E-state index contributed by atoms with van der Waals surface area (Å²) in [5.41, 5.74) is 0. The van der Waals surface area contributed by atoms with Gasteiger partial charge in [-0.25, -0.2) is 9.67 Å². The molecule has 0 radical (unpaired) electrons. The molecule has 6 nitrogen and oxygen atoms in total. The first-order chi connectivity index (χ1) is 10.7. The molecule has 1 fully saturated rings. The summed E-state index contributed by atoms with van der Waals surface area (Å²) in [6.45, 7) is 5.24. The van der Waals surface area contributed by atoms with E-state index in [4.69, 9.17) is 0 Å². The predicted octanol–water partition coefficient (Wildman–Crippen LogP) is 1.51. The van der Waals surface area contributed by atoms with Crippen LogP contribution in [0.2, 0.25) is 0 Å². The molecule has 22 heavy (non-hydrogen) atoms. The first kappa shape index (κ1) is 15.3. The zero-order valence-corrected chi connectivity index (χ0v) is 14.0. The van der Waals surface area contributed by atoms with Gasteiger partial charge in [0.2, 0.25) is 0 Å². The summed E-state index contributed by atoms with van der Waals surface area (Å²) >= 11 is 0. The zero-order valence-electron chi connectivity index (χ0n) is 14.0. The number of nitrogens with one attached hydrogen (secondary N) is 2. The lowest BCUT2D eigenvalue weighted by Gasteiger charge is -2.25. The van der Waals surface area contributed by atoms with Crippen molar-refractivity contribution in [3.05, 3.63) is 11.6 Å². The van der Waals surface area contributed by atoms with Gasteiger partial charge >= 0.3 is 0 Å². The van der Waals surface area contributed by atoms with Gasteiger partial charge in [0.1, 0.15) is 5.82 Å². The highest BCUT2D eigenvalue weighted by molar-refractivity contribution is 5.80. The number of fused-ring (bicyclic) bond motifs is 1. The number of nitrogens with zero attached hydrogens (tertiary/aromatic N) is 4. The van der Waals surface area contributed by atoms with Crippen molar-refractivity contribution in [1.29, 1.82) is 0 Å². The Morgan fingerprint density at radius 3 is 2.95 bits per heavy atom. The van der Waals surface area contributed by atoms with Crippen LogP contribution in [0.1, 0.15) is 51.2 Å². The van der Waals surface area contributed by atoms with Gasteiger partial charge in [0.05, 0.1) is 6.54 Å². The molecule has 0 saturated heterocycles. The van der Waals surface area contributed by atoms with Crippen LogP contribution in [0.4, 0.5) is 0 Å². The maximum absolute atomic E-state index is 4.57. The van der Waals surface area contributed by atoms with Gasteiger partial charge in [-0.05, 0) is 25.2 Å². The van der Waals surface area contributed by atoms with E-state index < -0.39 is 0 Å². The Bertz CT molecular complexity index is 535. The lowest BCUT2D eigenvalue weighted by molar-refractivity contribution is 0.391. The molecule has 0 spiro atoms. The van der Waals surface area contributed by atoms with E-state index in [-0.39, 0.29) is 0 Å². The third kappa shape index (κ3) is 3.42. The van der Waals surface area contributed by atoms with Gasteiger partial charge in [-0.2, -0.15) is 5.10 Å². The Morgan fingerprint density at radius 1 is 1.36 bits per heavy atom. The second-order valence-corrected chi connectivity index (χ2v) is 6.47. The lowest BCUT2D eigenvalue weighted by atomic mass is 10.1. The fourth-order valence-electron chi connectivity index (χ4n) is 3.28. The summed E-state index contributed by atoms with van der Waals surface area (Å²) < 4.78 is 2.06. The van der Waals surface area contributed by atoms with Crippen LogP contribution >= 0.6 is 0 Å². The van der Waals surface area contributed by atoms with Crippen LogP contribution in [-0.4, -0.2) is 39.9 Å². The molecule has 3 rings (SSSR count). The van der Waals surface area contributed by atoms with Crippen molar-refractivity contribution in [3.63, 3.8) is 0 Å². The molecule has 1 aliphatic heterocycles. The summed E-state index contributed by atoms with van der Waals surface area (Å²) in [5.74, 6) is 3.86. The fraction of sp³-hybridized carbons (Fsp3) is 0.812. The van der Waals surface area contributed by atoms with E-state index in [2.05, 4.69) is 44.2 Å². The van der Waals surface area contributed by atoms with E-state index in [0.717, 1.165) is 49.3 Å². The first-order valence-corrected chi connectivity index (χ1v) is 8.65. The number of aromatic nitrogens is 3. The van der Waals surface area contributed by atoms with Crippen molar-refractivity contribution in [2.24, 2.45) is 10.9 Å². The smallest absolute Gasteiger partial charge is 0.191 e. The second kappa shape index (κ2) is 6.67. The summed E-state index contributed by atoms with van der Waals surface area (Å²) in [6.07, 6.45) is 6.86. The summed E-state index contributed by atoms with van der Waals surface area (Å²) in [5, 5.41) is 11.7. The SMILES string of the molecule is CCCC1CC1NC(=NC)NC1CCc2nc(CC)nn2C1. The Hall–Kier alpha value is -1.59. The largest absolute Gasteiger partial charge is 0.353 e. The molecule has 0 aromatic carbocycles. The van der Waals surface area contributed by atoms with E-state index in [1.807, 2.05) is 7.05 Å². The number of guanidine groups is 1. The molecule has 1 aromatic heterocycles. The molecule has 1 aromatic rings. The Kier molecular flexibility index (Phi) is 4.64. The monoisotopic (exact) mass is 304 g/mol. The Morgan fingerprint density at radius 2 is 2.23 bits per heavy atom. The van der Waals surface area contributed by atoms with Gasteiger partial charge in [0.25, 0.3) is 0 Å². The molecular weight excluding hydrogens is 276 g/mol. The molecule has 1 aliphatic carbocycles. The van der Waals surface area contributed by atoms with Crippen LogP contribution < -0.4 is 10.6 Å². The Labute approximate surface area is 132 Å². The third-order valence-corrected chi connectivity index (χ3v) is 4.69. The van der Waals surface area contributed by atoms with Crippen molar-refractivity contribution in [2.75, 3.05) is 7.05 Å². The van der Waals surface area contributed by atoms with Crippen molar-refractivity contribution in [3.8, 4) is 0 Å². The van der Waals surface area contributed by atoms with Crippen LogP contribution in [0.5, 0.6) is 0 Å². The van der Waals surface area contributed by atoms with E-state index in [1.165, 1.54) is 19.3 Å². The van der Waals surface area contributed by atoms with Gasteiger partial charge in [-0.1, -0.05) is 20.3 Å². The van der Waals surface area contributed by atoms with Crippen LogP contribution in [0.3, 0.4) is 0 Å². The third-order valence-electron chi connectivity index (χ3n) is 4.69. The van der Waals surface area contributed by atoms with E-state index in [0.29, 0.717) is 12.1 Å². The molecule has 3 unspecified atom stereocenters. The van der Waals surface area contributed by atoms with Crippen molar-refractivity contribution < 1.29 is 0 Å². The van der Waals surface area contributed by atoms with Gasteiger partial charge < -0.3 is 10.6 Å².